The SMILES string of the molecule is COc1ccc(CCNC(=O)NCc2cccnc2)cc1. The van der Waals surface area contributed by atoms with Crippen molar-refractivity contribution in [1.82, 2.24) is 15.6 Å². The molecule has 1 heterocycles. The number of aromatic nitrogens is 1. The molecule has 0 saturated heterocycles. The minimum absolute atomic E-state index is 0.174. The van der Waals surface area contributed by atoms with Crippen LogP contribution in [-0.2, 0) is 13.0 Å². The lowest BCUT2D eigenvalue weighted by Crippen LogP contribution is -2.36. The molecule has 5 heteroatoms. The molecule has 1 aromatic heterocycles. The van der Waals surface area contributed by atoms with Crippen molar-refractivity contribution in [3.63, 3.8) is 0 Å². The van der Waals surface area contributed by atoms with Gasteiger partial charge in [-0.05, 0) is 35.7 Å². The largest absolute Gasteiger partial charge is 0.497 e. The molecule has 2 amide bonds. The Morgan fingerprint density at radius 2 is 1.95 bits per heavy atom. The van der Waals surface area contributed by atoms with Crippen molar-refractivity contribution in [2.75, 3.05) is 13.7 Å². The summed E-state index contributed by atoms with van der Waals surface area (Å²) in [5.41, 5.74) is 2.13. The fraction of sp³-hybridized carbons (Fsp3) is 0.250. The Morgan fingerprint density at radius 3 is 2.62 bits per heavy atom. The van der Waals surface area contributed by atoms with Crippen LogP contribution in [0.2, 0.25) is 0 Å². The van der Waals surface area contributed by atoms with Crippen LogP contribution in [0.4, 0.5) is 4.79 Å². The van der Waals surface area contributed by atoms with Crippen LogP contribution in [-0.4, -0.2) is 24.7 Å². The molecule has 5 nitrogen and oxygen atoms in total. The Kier molecular flexibility index (Phi) is 5.58. The predicted molar refractivity (Wildman–Crippen MR) is 81.2 cm³/mol. The van der Waals surface area contributed by atoms with Crippen LogP contribution in [0.15, 0.2) is 48.8 Å². The lowest BCUT2D eigenvalue weighted by molar-refractivity contribution is 0.240. The van der Waals surface area contributed by atoms with Crippen molar-refractivity contribution in [2.24, 2.45) is 0 Å². The molecule has 2 aromatic rings. The van der Waals surface area contributed by atoms with E-state index in [0.29, 0.717) is 13.1 Å². The fourth-order valence-corrected chi connectivity index (χ4v) is 1.86. The Hall–Kier alpha value is -2.56. The summed E-state index contributed by atoms with van der Waals surface area (Å²) >= 11 is 0. The molecule has 0 aliphatic carbocycles. The molecule has 0 radical (unpaired) electrons. The first-order valence-corrected chi connectivity index (χ1v) is 6.81. The first kappa shape index (κ1) is 14.8. The maximum atomic E-state index is 11.6. The van der Waals surface area contributed by atoms with E-state index < -0.39 is 0 Å². The molecule has 0 aliphatic heterocycles. The second-order valence-corrected chi connectivity index (χ2v) is 4.57. The maximum absolute atomic E-state index is 11.6. The van der Waals surface area contributed by atoms with E-state index in [0.717, 1.165) is 23.3 Å². The number of benzene rings is 1. The number of carbonyl (C=O) groups excluding carboxylic acids is 1. The van der Waals surface area contributed by atoms with Gasteiger partial charge in [-0.2, -0.15) is 0 Å². The zero-order chi connectivity index (χ0) is 14.9. The average molecular weight is 285 g/mol. The topological polar surface area (TPSA) is 63.2 Å². The highest BCUT2D eigenvalue weighted by molar-refractivity contribution is 5.73. The molecule has 2 rings (SSSR count). The molecule has 110 valence electrons. The minimum atomic E-state index is -0.174. The monoisotopic (exact) mass is 285 g/mol. The third-order valence-corrected chi connectivity index (χ3v) is 3.03. The standard InChI is InChI=1S/C16H19N3O2/c1-21-15-6-4-13(5-7-15)8-10-18-16(20)19-12-14-3-2-9-17-11-14/h2-7,9,11H,8,10,12H2,1H3,(H2,18,19,20). The molecule has 0 fully saturated rings. The summed E-state index contributed by atoms with van der Waals surface area (Å²) in [5.74, 6) is 0.834. The normalized spacial score (nSPS) is 9.95. The average Bonchev–Trinajstić information content (AvgIpc) is 2.54. The highest BCUT2D eigenvalue weighted by Crippen LogP contribution is 2.11. The number of methoxy groups -OCH3 is 1. The third-order valence-electron chi connectivity index (χ3n) is 3.03. The summed E-state index contributed by atoms with van der Waals surface area (Å²) in [6.07, 6.45) is 4.22. The molecular weight excluding hydrogens is 266 g/mol. The maximum Gasteiger partial charge on any atom is 0.315 e. The molecule has 2 N–H and O–H groups in total. The van der Waals surface area contributed by atoms with Crippen LogP contribution in [0.3, 0.4) is 0 Å². The van der Waals surface area contributed by atoms with Crippen LogP contribution >= 0.6 is 0 Å². The molecule has 0 atom stereocenters. The van der Waals surface area contributed by atoms with Crippen molar-refractivity contribution in [3.05, 3.63) is 59.9 Å². The van der Waals surface area contributed by atoms with E-state index in [2.05, 4.69) is 15.6 Å². The molecule has 0 aliphatic rings. The van der Waals surface area contributed by atoms with Crippen LogP contribution < -0.4 is 15.4 Å². The van der Waals surface area contributed by atoms with E-state index in [1.54, 1.807) is 19.5 Å². The number of pyridine rings is 1. The van der Waals surface area contributed by atoms with Gasteiger partial charge in [-0.3, -0.25) is 4.98 Å². The van der Waals surface area contributed by atoms with Gasteiger partial charge in [0.25, 0.3) is 0 Å². The Balaban J connectivity index is 1.66. The van der Waals surface area contributed by atoms with E-state index in [1.165, 1.54) is 0 Å². The molecule has 0 bridgehead atoms. The fourth-order valence-electron chi connectivity index (χ4n) is 1.86. The van der Waals surface area contributed by atoms with Gasteiger partial charge in [0, 0.05) is 25.5 Å². The van der Waals surface area contributed by atoms with Gasteiger partial charge in [0.1, 0.15) is 5.75 Å². The van der Waals surface area contributed by atoms with E-state index >= 15 is 0 Å². The predicted octanol–water partition coefficient (Wildman–Crippen LogP) is 2.13. The van der Waals surface area contributed by atoms with Gasteiger partial charge in [0.15, 0.2) is 0 Å². The van der Waals surface area contributed by atoms with E-state index in [4.69, 9.17) is 4.74 Å². The van der Waals surface area contributed by atoms with Crippen molar-refractivity contribution >= 4 is 6.03 Å². The zero-order valence-electron chi connectivity index (χ0n) is 12.0. The van der Waals surface area contributed by atoms with E-state index in [9.17, 15) is 4.79 Å². The number of nitrogens with zero attached hydrogens (tertiary/aromatic N) is 1. The highest BCUT2D eigenvalue weighted by Gasteiger charge is 2.00. The van der Waals surface area contributed by atoms with Gasteiger partial charge in [0.2, 0.25) is 0 Å². The minimum Gasteiger partial charge on any atom is -0.497 e. The molecule has 0 spiro atoms. The second-order valence-electron chi connectivity index (χ2n) is 4.57. The first-order chi connectivity index (χ1) is 10.3. The number of urea groups is 1. The Labute approximate surface area is 124 Å². The van der Waals surface area contributed by atoms with Crippen LogP contribution in [0.1, 0.15) is 11.1 Å². The summed E-state index contributed by atoms with van der Waals surface area (Å²) in [4.78, 5) is 15.6. The number of hydrogen-bond acceptors (Lipinski definition) is 3. The van der Waals surface area contributed by atoms with Gasteiger partial charge in [0.05, 0.1) is 7.11 Å². The Morgan fingerprint density at radius 1 is 1.14 bits per heavy atom. The number of nitrogens with one attached hydrogen (secondary N) is 2. The third kappa shape index (κ3) is 5.14. The van der Waals surface area contributed by atoms with Crippen LogP contribution in [0, 0.1) is 0 Å². The number of carbonyl (C=O) groups is 1. The highest BCUT2D eigenvalue weighted by atomic mass is 16.5. The summed E-state index contributed by atoms with van der Waals surface area (Å²) in [6, 6.07) is 11.4. The lowest BCUT2D eigenvalue weighted by atomic mass is 10.1. The smallest absolute Gasteiger partial charge is 0.315 e. The van der Waals surface area contributed by atoms with E-state index in [1.807, 2.05) is 36.4 Å². The summed E-state index contributed by atoms with van der Waals surface area (Å²) in [6.45, 7) is 1.06. The molecule has 0 unspecified atom stereocenters. The van der Waals surface area contributed by atoms with Crippen LogP contribution in [0.5, 0.6) is 5.75 Å². The molecule has 21 heavy (non-hydrogen) atoms. The van der Waals surface area contributed by atoms with Crippen molar-refractivity contribution < 1.29 is 9.53 Å². The van der Waals surface area contributed by atoms with Crippen LogP contribution in [0.25, 0.3) is 0 Å². The van der Waals surface area contributed by atoms with Crippen molar-refractivity contribution in [1.29, 1.82) is 0 Å². The Bertz CT molecular complexity index is 555. The number of ether oxygens (including phenoxy) is 1. The molecular formula is C16H19N3O2. The summed E-state index contributed by atoms with van der Waals surface area (Å²) in [7, 11) is 1.64. The summed E-state index contributed by atoms with van der Waals surface area (Å²) in [5, 5.41) is 5.62. The van der Waals surface area contributed by atoms with Gasteiger partial charge in [-0.15, -0.1) is 0 Å². The molecule has 1 aromatic carbocycles. The van der Waals surface area contributed by atoms with Crippen molar-refractivity contribution in [3.8, 4) is 5.75 Å². The number of amides is 2. The quantitative estimate of drug-likeness (QED) is 0.854. The van der Waals surface area contributed by atoms with Gasteiger partial charge >= 0.3 is 6.03 Å². The zero-order valence-corrected chi connectivity index (χ0v) is 12.0. The molecule has 0 saturated carbocycles. The second kappa shape index (κ2) is 7.89. The van der Waals surface area contributed by atoms with E-state index in [-0.39, 0.29) is 6.03 Å². The first-order valence-electron chi connectivity index (χ1n) is 6.81. The van der Waals surface area contributed by atoms with Crippen molar-refractivity contribution in [2.45, 2.75) is 13.0 Å². The van der Waals surface area contributed by atoms with Gasteiger partial charge in [-0.1, -0.05) is 18.2 Å². The summed E-state index contributed by atoms with van der Waals surface area (Å²) < 4.78 is 5.10. The van der Waals surface area contributed by atoms with Gasteiger partial charge in [-0.25, -0.2) is 4.79 Å². The number of hydrogen-bond donors (Lipinski definition) is 2. The number of rotatable bonds is 6. The lowest BCUT2D eigenvalue weighted by Gasteiger charge is -2.08. The van der Waals surface area contributed by atoms with Gasteiger partial charge < -0.3 is 15.4 Å².